The molecule has 0 fully saturated rings. The maximum absolute atomic E-state index is 14.6. The summed E-state index contributed by atoms with van der Waals surface area (Å²) in [5.74, 6) is -0.396. The van der Waals surface area contributed by atoms with E-state index in [0.29, 0.717) is 28.6 Å². The molecule has 0 aliphatic carbocycles. The van der Waals surface area contributed by atoms with Crippen LogP contribution in [0.25, 0.3) is 0 Å². The first-order chi connectivity index (χ1) is 22.3. The van der Waals surface area contributed by atoms with Crippen molar-refractivity contribution >= 4 is 39.1 Å². The minimum absolute atomic E-state index is 0.00158. The van der Waals surface area contributed by atoms with Crippen LogP contribution in [0.3, 0.4) is 0 Å². The lowest BCUT2D eigenvalue weighted by molar-refractivity contribution is -0.140. The lowest BCUT2D eigenvalue weighted by Gasteiger charge is -2.35. The number of rotatable bonds is 13. The molecule has 0 aliphatic heterocycles. The lowest BCUT2D eigenvalue weighted by atomic mass is 10.0. The Morgan fingerprint density at radius 1 is 0.872 bits per heavy atom. The van der Waals surface area contributed by atoms with Crippen molar-refractivity contribution in [3.63, 3.8) is 0 Å². The zero-order chi connectivity index (χ0) is 34.2. The molecular formula is C37H42ClN3O5S. The molecule has 0 bridgehead atoms. The molecular weight excluding hydrogens is 634 g/mol. The molecule has 2 amide bonds. The first-order valence-electron chi connectivity index (χ1n) is 15.5. The molecule has 248 valence electrons. The van der Waals surface area contributed by atoms with Crippen LogP contribution in [-0.4, -0.2) is 49.9 Å². The third-order valence-electron chi connectivity index (χ3n) is 7.39. The fraction of sp³-hybridized carbons (Fsp3) is 0.297. The fourth-order valence-corrected chi connectivity index (χ4v) is 6.67. The highest BCUT2D eigenvalue weighted by Gasteiger charge is 2.36. The largest absolute Gasteiger partial charge is 0.494 e. The number of sulfonamides is 1. The molecule has 10 heteroatoms. The zero-order valence-corrected chi connectivity index (χ0v) is 29.0. The number of nitrogens with one attached hydrogen (secondary N) is 1. The average Bonchev–Trinajstić information content (AvgIpc) is 3.03. The van der Waals surface area contributed by atoms with E-state index in [1.807, 2.05) is 65.0 Å². The number of carbonyl (C=O) groups is 2. The molecule has 0 heterocycles. The van der Waals surface area contributed by atoms with Gasteiger partial charge in [-0.3, -0.25) is 13.9 Å². The Kier molecular flexibility index (Phi) is 11.7. The Bertz CT molecular complexity index is 1760. The van der Waals surface area contributed by atoms with Gasteiger partial charge in [0.2, 0.25) is 11.8 Å². The number of aryl methyl sites for hydroxylation is 1. The van der Waals surface area contributed by atoms with E-state index in [2.05, 4.69) is 5.32 Å². The minimum atomic E-state index is -4.24. The predicted octanol–water partition coefficient (Wildman–Crippen LogP) is 6.80. The topological polar surface area (TPSA) is 96.0 Å². The normalized spacial score (nSPS) is 12.2. The van der Waals surface area contributed by atoms with Crippen LogP contribution in [0.5, 0.6) is 5.75 Å². The molecule has 4 aromatic carbocycles. The number of nitrogens with zero attached hydrogens (tertiary/aromatic N) is 2. The zero-order valence-electron chi connectivity index (χ0n) is 27.4. The van der Waals surface area contributed by atoms with Gasteiger partial charge in [0.05, 0.1) is 17.2 Å². The summed E-state index contributed by atoms with van der Waals surface area (Å²) in [6.07, 6.45) is 0.203. The van der Waals surface area contributed by atoms with E-state index in [1.54, 1.807) is 60.7 Å². The smallest absolute Gasteiger partial charge is 0.264 e. The van der Waals surface area contributed by atoms with Gasteiger partial charge < -0.3 is 15.0 Å². The van der Waals surface area contributed by atoms with Crippen molar-refractivity contribution in [1.82, 2.24) is 10.2 Å². The van der Waals surface area contributed by atoms with Gasteiger partial charge in [0.1, 0.15) is 18.3 Å². The second kappa shape index (κ2) is 15.5. The van der Waals surface area contributed by atoms with Gasteiger partial charge in [-0.1, -0.05) is 77.8 Å². The van der Waals surface area contributed by atoms with E-state index >= 15 is 0 Å². The average molecular weight is 676 g/mol. The predicted molar refractivity (Wildman–Crippen MR) is 187 cm³/mol. The van der Waals surface area contributed by atoms with Crippen LogP contribution in [0, 0.1) is 6.92 Å². The molecule has 4 aromatic rings. The second-order valence-corrected chi connectivity index (χ2v) is 14.6. The van der Waals surface area contributed by atoms with Crippen molar-refractivity contribution in [1.29, 1.82) is 0 Å². The number of ether oxygens (including phenoxy) is 1. The molecule has 8 nitrogen and oxygen atoms in total. The van der Waals surface area contributed by atoms with Gasteiger partial charge in [0.25, 0.3) is 10.0 Å². The summed E-state index contributed by atoms with van der Waals surface area (Å²) < 4.78 is 35.1. The number of hydrogen-bond acceptors (Lipinski definition) is 5. The molecule has 4 rings (SSSR count). The summed E-state index contributed by atoms with van der Waals surface area (Å²) in [6, 6.07) is 28.5. The van der Waals surface area contributed by atoms with Gasteiger partial charge in [0, 0.05) is 23.5 Å². The van der Waals surface area contributed by atoms with Gasteiger partial charge in [0.15, 0.2) is 0 Å². The summed E-state index contributed by atoms with van der Waals surface area (Å²) in [5, 5.41) is 3.46. The van der Waals surface area contributed by atoms with Crippen molar-refractivity contribution in [2.45, 2.75) is 64.1 Å². The minimum Gasteiger partial charge on any atom is -0.494 e. The van der Waals surface area contributed by atoms with Crippen molar-refractivity contribution < 1.29 is 22.7 Å². The first kappa shape index (κ1) is 35.5. The summed E-state index contributed by atoms with van der Waals surface area (Å²) in [5.41, 5.74) is 2.13. The van der Waals surface area contributed by atoms with Crippen molar-refractivity contribution in [3.8, 4) is 5.75 Å². The Labute approximate surface area is 283 Å². The summed E-state index contributed by atoms with van der Waals surface area (Å²) in [6.45, 7) is 9.21. The molecule has 0 aromatic heterocycles. The Balaban J connectivity index is 1.81. The van der Waals surface area contributed by atoms with Crippen LogP contribution >= 0.6 is 11.6 Å². The highest BCUT2D eigenvalue weighted by atomic mass is 35.5. The maximum atomic E-state index is 14.6. The van der Waals surface area contributed by atoms with E-state index in [9.17, 15) is 18.0 Å². The number of carbonyl (C=O) groups excluding carboxylic acids is 2. The van der Waals surface area contributed by atoms with Gasteiger partial charge in [-0.15, -0.1) is 0 Å². The van der Waals surface area contributed by atoms with Gasteiger partial charge in [-0.2, -0.15) is 0 Å². The molecule has 0 saturated carbocycles. The van der Waals surface area contributed by atoms with Crippen molar-refractivity contribution in [2.24, 2.45) is 0 Å². The third-order valence-corrected chi connectivity index (χ3v) is 9.55. The van der Waals surface area contributed by atoms with Gasteiger partial charge in [-0.05, 0) is 88.2 Å². The van der Waals surface area contributed by atoms with Gasteiger partial charge >= 0.3 is 0 Å². The van der Waals surface area contributed by atoms with Crippen LogP contribution in [0.2, 0.25) is 5.02 Å². The van der Waals surface area contributed by atoms with E-state index in [-0.39, 0.29) is 23.8 Å². The Morgan fingerprint density at radius 3 is 2.09 bits per heavy atom. The maximum Gasteiger partial charge on any atom is 0.264 e. The van der Waals surface area contributed by atoms with E-state index in [0.717, 1.165) is 15.4 Å². The SMILES string of the molecule is CCOc1ccc(S(=O)(=O)N(CC(=O)N(Cc2ccccc2Cl)[C@H](Cc2ccccc2)C(=O)NC(C)(C)C)c2ccc(C)cc2)cc1. The standard InChI is InChI=1S/C37H42ClN3O5S/c1-6-46-31-20-22-32(23-21-31)47(44,45)41(30-18-16-27(2)17-19-30)26-35(42)40(25-29-14-10-11-15-33(29)38)34(36(43)39-37(3,4)5)24-28-12-8-7-9-13-28/h7-23,34H,6,24-26H2,1-5H3,(H,39,43)/t34-/m1/s1. The van der Waals surface area contributed by atoms with E-state index in [4.69, 9.17) is 16.3 Å². The highest BCUT2D eigenvalue weighted by molar-refractivity contribution is 7.92. The Morgan fingerprint density at radius 2 is 1.49 bits per heavy atom. The third kappa shape index (κ3) is 9.59. The van der Waals surface area contributed by atoms with Crippen LogP contribution in [-0.2, 0) is 32.6 Å². The second-order valence-electron chi connectivity index (χ2n) is 12.3. The van der Waals surface area contributed by atoms with Crippen LogP contribution in [0.15, 0.2) is 108 Å². The quantitative estimate of drug-likeness (QED) is 0.168. The summed E-state index contributed by atoms with van der Waals surface area (Å²) in [7, 11) is -4.24. The highest BCUT2D eigenvalue weighted by Crippen LogP contribution is 2.27. The Hall–Kier alpha value is -4.34. The number of benzene rings is 4. The molecule has 0 spiro atoms. The number of anilines is 1. The summed E-state index contributed by atoms with van der Waals surface area (Å²) >= 11 is 6.57. The van der Waals surface area contributed by atoms with E-state index in [1.165, 1.54) is 17.0 Å². The molecule has 0 unspecified atom stereocenters. The van der Waals surface area contributed by atoms with Crippen LogP contribution in [0.1, 0.15) is 44.4 Å². The van der Waals surface area contributed by atoms with Gasteiger partial charge in [-0.25, -0.2) is 8.42 Å². The van der Waals surface area contributed by atoms with Crippen LogP contribution < -0.4 is 14.4 Å². The molecule has 0 saturated heterocycles. The molecule has 47 heavy (non-hydrogen) atoms. The molecule has 0 aliphatic rings. The van der Waals surface area contributed by atoms with Crippen molar-refractivity contribution in [3.05, 3.63) is 125 Å². The molecule has 1 N–H and O–H groups in total. The number of halogens is 1. The summed E-state index contributed by atoms with van der Waals surface area (Å²) in [4.78, 5) is 30.0. The lowest BCUT2D eigenvalue weighted by Crippen LogP contribution is -2.56. The monoisotopic (exact) mass is 675 g/mol. The van der Waals surface area contributed by atoms with Crippen molar-refractivity contribution in [2.75, 3.05) is 17.5 Å². The number of amides is 2. The molecule has 1 atom stereocenters. The molecule has 0 radical (unpaired) electrons. The first-order valence-corrected chi connectivity index (χ1v) is 17.3. The van der Waals surface area contributed by atoms with E-state index < -0.39 is 34.1 Å². The fourth-order valence-electron chi connectivity index (χ4n) is 5.06. The number of hydrogen-bond donors (Lipinski definition) is 1. The van der Waals surface area contributed by atoms with Crippen LogP contribution in [0.4, 0.5) is 5.69 Å².